The van der Waals surface area contributed by atoms with Gasteiger partial charge >= 0.3 is 0 Å². The van der Waals surface area contributed by atoms with E-state index in [1.807, 2.05) is 13.0 Å². The van der Waals surface area contributed by atoms with Crippen LogP contribution in [0.3, 0.4) is 0 Å². The van der Waals surface area contributed by atoms with Crippen LogP contribution in [0.5, 0.6) is 0 Å². The lowest BCUT2D eigenvalue weighted by Crippen LogP contribution is -1.96. The number of hydrogen-bond acceptors (Lipinski definition) is 2. The summed E-state index contributed by atoms with van der Waals surface area (Å²) in [5, 5.41) is 0. The second-order valence-corrected chi connectivity index (χ2v) is 5.02. The molecule has 0 aliphatic carbocycles. The SMILES string of the molecule is Cc1ccc([SH](C)C)c(N)n1. The van der Waals surface area contributed by atoms with E-state index < -0.39 is 0 Å². The van der Waals surface area contributed by atoms with Crippen molar-refractivity contribution < 1.29 is 0 Å². The van der Waals surface area contributed by atoms with Crippen molar-refractivity contribution in [1.29, 1.82) is 0 Å². The molecule has 1 heterocycles. The zero-order chi connectivity index (χ0) is 8.43. The average molecular weight is 170 g/mol. The number of thiol groups is 1. The molecule has 1 rings (SSSR count). The van der Waals surface area contributed by atoms with E-state index in [1.54, 1.807) is 0 Å². The summed E-state index contributed by atoms with van der Waals surface area (Å²) in [6.07, 6.45) is 4.36. The van der Waals surface area contributed by atoms with Crippen LogP contribution >= 0.6 is 10.9 Å². The molecule has 0 aliphatic rings. The van der Waals surface area contributed by atoms with Crippen molar-refractivity contribution in [2.75, 3.05) is 18.2 Å². The molecular formula is C8H14N2S. The number of aryl methyl sites for hydroxylation is 1. The highest BCUT2D eigenvalue weighted by molar-refractivity contribution is 8.16. The minimum atomic E-state index is -0.116. The summed E-state index contributed by atoms with van der Waals surface area (Å²) in [7, 11) is -0.116. The minimum Gasteiger partial charge on any atom is -0.383 e. The smallest absolute Gasteiger partial charge is 0.135 e. The quantitative estimate of drug-likeness (QED) is 0.628. The monoisotopic (exact) mass is 170 g/mol. The van der Waals surface area contributed by atoms with E-state index in [0.717, 1.165) is 5.69 Å². The van der Waals surface area contributed by atoms with E-state index in [2.05, 4.69) is 23.6 Å². The Morgan fingerprint density at radius 1 is 1.36 bits per heavy atom. The van der Waals surface area contributed by atoms with Gasteiger partial charge in [0.05, 0.1) is 0 Å². The summed E-state index contributed by atoms with van der Waals surface area (Å²) in [6.45, 7) is 1.95. The maximum atomic E-state index is 5.73. The highest BCUT2D eigenvalue weighted by Gasteiger charge is 2.00. The first kappa shape index (κ1) is 8.40. The normalized spacial score (nSPS) is 11.4. The van der Waals surface area contributed by atoms with Crippen LogP contribution in [0.15, 0.2) is 17.0 Å². The third-order valence-corrected chi connectivity index (χ3v) is 2.87. The molecule has 2 nitrogen and oxygen atoms in total. The Kier molecular flexibility index (Phi) is 2.39. The standard InChI is InChI=1S/C8H14N2S/c1-6-4-5-7(11(2)3)8(9)10-6/h4-5,11H,1-3H3,(H2,9,10). The van der Waals surface area contributed by atoms with Crippen LogP contribution in [0.1, 0.15) is 5.69 Å². The van der Waals surface area contributed by atoms with Gasteiger partial charge in [-0.3, -0.25) is 0 Å². The molecule has 1 aromatic rings. The number of nitrogens with zero attached hydrogens (tertiary/aromatic N) is 1. The summed E-state index contributed by atoms with van der Waals surface area (Å²) in [6, 6.07) is 4.08. The largest absolute Gasteiger partial charge is 0.383 e. The predicted molar refractivity (Wildman–Crippen MR) is 52.5 cm³/mol. The number of pyridine rings is 1. The average Bonchev–Trinajstić information content (AvgIpc) is 1.85. The first-order valence-corrected chi connectivity index (χ1v) is 5.75. The summed E-state index contributed by atoms with van der Waals surface area (Å²) < 4.78 is 0. The molecule has 0 atom stereocenters. The fourth-order valence-electron chi connectivity index (χ4n) is 0.948. The summed E-state index contributed by atoms with van der Waals surface area (Å²) >= 11 is 0. The molecule has 3 heteroatoms. The minimum absolute atomic E-state index is 0.116. The Hall–Kier alpha value is -0.700. The fraction of sp³-hybridized carbons (Fsp3) is 0.375. The predicted octanol–water partition coefficient (Wildman–Crippen LogP) is 1.59. The lowest BCUT2D eigenvalue weighted by Gasteiger charge is -2.11. The molecule has 1 aromatic heterocycles. The van der Waals surface area contributed by atoms with Crippen LogP contribution in [0.4, 0.5) is 5.82 Å². The van der Waals surface area contributed by atoms with Crippen LogP contribution < -0.4 is 5.73 Å². The fourth-order valence-corrected chi connectivity index (χ4v) is 1.83. The molecule has 0 amide bonds. The lowest BCUT2D eigenvalue weighted by molar-refractivity contribution is 1.16. The number of anilines is 1. The lowest BCUT2D eigenvalue weighted by atomic mass is 10.4. The van der Waals surface area contributed by atoms with Crippen molar-refractivity contribution in [1.82, 2.24) is 4.98 Å². The van der Waals surface area contributed by atoms with Gasteiger partial charge < -0.3 is 5.73 Å². The van der Waals surface area contributed by atoms with Gasteiger partial charge in [-0.15, -0.1) is 0 Å². The van der Waals surface area contributed by atoms with Gasteiger partial charge in [0, 0.05) is 10.6 Å². The highest BCUT2D eigenvalue weighted by Crippen LogP contribution is 2.31. The molecule has 0 bridgehead atoms. The van der Waals surface area contributed by atoms with E-state index in [0.29, 0.717) is 5.82 Å². The molecule has 0 aromatic carbocycles. The van der Waals surface area contributed by atoms with Crippen molar-refractivity contribution in [3.63, 3.8) is 0 Å². The molecule has 0 spiro atoms. The molecule has 2 N–H and O–H groups in total. The maximum Gasteiger partial charge on any atom is 0.135 e. The van der Waals surface area contributed by atoms with E-state index >= 15 is 0 Å². The highest BCUT2D eigenvalue weighted by atomic mass is 32.2. The van der Waals surface area contributed by atoms with Crippen LogP contribution in [0.25, 0.3) is 0 Å². The Labute approximate surface area is 70.2 Å². The molecule has 0 aliphatic heterocycles. The van der Waals surface area contributed by atoms with Crippen LogP contribution in [0.2, 0.25) is 0 Å². The summed E-state index contributed by atoms with van der Waals surface area (Å²) in [5.74, 6) is 0.695. The van der Waals surface area contributed by atoms with Crippen LogP contribution in [-0.4, -0.2) is 17.5 Å². The molecule has 0 unspecified atom stereocenters. The third-order valence-electron chi connectivity index (χ3n) is 1.52. The number of aromatic nitrogens is 1. The Bertz CT molecular complexity index is 258. The third kappa shape index (κ3) is 1.87. The van der Waals surface area contributed by atoms with Gasteiger partial charge in [0.25, 0.3) is 0 Å². The van der Waals surface area contributed by atoms with Gasteiger partial charge in [-0.25, -0.2) is 15.9 Å². The molecular weight excluding hydrogens is 156 g/mol. The second kappa shape index (κ2) is 3.13. The zero-order valence-corrected chi connectivity index (χ0v) is 8.02. The first-order valence-electron chi connectivity index (χ1n) is 3.51. The summed E-state index contributed by atoms with van der Waals surface area (Å²) in [5.41, 5.74) is 6.72. The molecule has 0 fully saturated rings. The van der Waals surface area contributed by atoms with Gasteiger partial charge in [-0.05, 0) is 31.6 Å². The number of rotatable bonds is 1. The molecule has 62 valence electrons. The zero-order valence-electron chi connectivity index (χ0n) is 7.13. The van der Waals surface area contributed by atoms with Crippen molar-refractivity contribution >= 4 is 16.7 Å². The number of nitrogens with two attached hydrogens (primary N) is 1. The van der Waals surface area contributed by atoms with Crippen LogP contribution in [-0.2, 0) is 0 Å². The van der Waals surface area contributed by atoms with Gasteiger partial charge in [0.1, 0.15) is 5.82 Å². The number of hydrogen-bond donors (Lipinski definition) is 2. The van der Waals surface area contributed by atoms with Gasteiger partial charge in [0.2, 0.25) is 0 Å². The van der Waals surface area contributed by atoms with E-state index in [1.165, 1.54) is 4.90 Å². The molecule has 0 saturated carbocycles. The van der Waals surface area contributed by atoms with Crippen molar-refractivity contribution in [3.05, 3.63) is 17.8 Å². The molecule has 0 radical (unpaired) electrons. The van der Waals surface area contributed by atoms with E-state index in [4.69, 9.17) is 5.73 Å². The number of nitrogen functional groups attached to an aromatic ring is 1. The summed E-state index contributed by atoms with van der Waals surface area (Å²) in [4.78, 5) is 5.39. The Morgan fingerprint density at radius 3 is 2.45 bits per heavy atom. The van der Waals surface area contributed by atoms with Gasteiger partial charge in [-0.2, -0.15) is 0 Å². The Morgan fingerprint density at radius 2 is 2.00 bits per heavy atom. The second-order valence-electron chi connectivity index (χ2n) is 2.75. The van der Waals surface area contributed by atoms with Crippen molar-refractivity contribution in [3.8, 4) is 0 Å². The topological polar surface area (TPSA) is 38.9 Å². The molecule has 11 heavy (non-hydrogen) atoms. The van der Waals surface area contributed by atoms with Crippen molar-refractivity contribution in [2.24, 2.45) is 0 Å². The van der Waals surface area contributed by atoms with Crippen LogP contribution in [0, 0.1) is 6.92 Å². The van der Waals surface area contributed by atoms with E-state index in [9.17, 15) is 0 Å². The first-order chi connectivity index (χ1) is 5.11. The Balaban J connectivity index is 3.09. The van der Waals surface area contributed by atoms with E-state index in [-0.39, 0.29) is 10.9 Å². The van der Waals surface area contributed by atoms with Gasteiger partial charge in [-0.1, -0.05) is 0 Å². The van der Waals surface area contributed by atoms with Gasteiger partial charge in [0.15, 0.2) is 0 Å². The molecule has 0 saturated heterocycles. The van der Waals surface area contributed by atoms with Crippen molar-refractivity contribution in [2.45, 2.75) is 11.8 Å². The maximum absolute atomic E-state index is 5.73.